The number of rotatable bonds is 4. The van der Waals surface area contributed by atoms with E-state index in [4.69, 9.17) is 16.3 Å². The molecular weight excluding hydrogens is 228 g/mol. The first-order chi connectivity index (χ1) is 7.65. The van der Waals surface area contributed by atoms with Crippen LogP contribution in [0.25, 0.3) is 0 Å². The van der Waals surface area contributed by atoms with Crippen LogP contribution >= 0.6 is 11.6 Å². The Morgan fingerprint density at radius 2 is 2.25 bits per heavy atom. The molecule has 1 aromatic rings. The van der Waals surface area contributed by atoms with Crippen LogP contribution < -0.4 is 10.6 Å². The Hall–Kier alpha value is -1.26. The zero-order valence-corrected chi connectivity index (χ0v) is 10.1. The predicted molar refractivity (Wildman–Crippen MR) is 65.1 cm³/mol. The molecule has 0 heterocycles. The molecule has 0 unspecified atom stereocenters. The van der Waals surface area contributed by atoms with Gasteiger partial charge in [-0.3, -0.25) is 0 Å². The number of anilines is 1. The van der Waals surface area contributed by atoms with Crippen LogP contribution in [0.2, 0.25) is 5.02 Å². The van der Waals surface area contributed by atoms with E-state index in [1.54, 1.807) is 25.3 Å². The molecule has 0 aliphatic rings. The van der Waals surface area contributed by atoms with Crippen molar-refractivity contribution in [3.8, 4) is 0 Å². The molecule has 0 bridgehead atoms. The van der Waals surface area contributed by atoms with Crippen LogP contribution in [0, 0.1) is 6.92 Å². The maximum atomic E-state index is 11.4. The number of benzene rings is 1. The van der Waals surface area contributed by atoms with Gasteiger partial charge in [0.25, 0.3) is 0 Å². The van der Waals surface area contributed by atoms with E-state index in [0.717, 1.165) is 5.56 Å². The van der Waals surface area contributed by atoms with Crippen LogP contribution in [0.15, 0.2) is 18.2 Å². The van der Waals surface area contributed by atoms with Crippen molar-refractivity contribution < 1.29 is 9.53 Å². The molecule has 2 N–H and O–H groups in total. The number of carbonyl (C=O) groups is 1. The van der Waals surface area contributed by atoms with Gasteiger partial charge in [0.1, 0.15) is 0 Å². The number of hydrogen-bond donors (Lipinski definition) is 2. The van der Waals surface area contributed by atoms with Gasteiger partial charge in [0, 0.05) is 24.4 Å². The molecule has 0 atom stereocenters. The zero-order chi connectivity index (χ0) is 12.0. The second-order valence-corrected chi connectivity index (χ2v) is 3.69. The molecule has 0 saturated heterocycles. The van der Waals surface area contributed by atoms with Crippen molar-refractivity contribution in [1.29, 1.82) is 0 Å². The van der Waals surface area contributed by atoms with E-state index >= 15 is 0 Å². The topological polar surface area (TPSA) is 50.4 Å². The first-order valence-corrected chi connectivity index (χ1v) is 5.32. The summed E-state index contributed by atoms with van der Waals surface area (Å²) in [5.41, 5.74) is 1.56. The summed E-state index contributed by atoms with van der Waals surface area (Å²) in [6.45, 7) is 2.82. The average Bonchev–Trinajstić information content (AvgIpc) is 2.25. The molecular formula is C11H15ClN2O2. The Morgan fingerprint density at radius 3 is 2.94 bits per heavy atom. The quantitative estimate of drug-likeness (QED) is 0.797. The largest absolute Gasteiger partial charge is 0.383 e. The summed E-state index contributed by atoms with van der Waals surface area (Å²) in [6.07, 6.45) is 0. The van der Waals surface area contributed by atoms with Crippen molar-refractivity contribution in [2.45, 2.75) is 6.92 Å². The third-order valence-corrected chi connectivity index (χ3v) is 2.52. The number of urea groups is 1. The predicted octanol–water partition coefficient (Wildman–Crippen LogP) is 2.42. The summed E-state index contributed by atoms with van der Waals surface area (Å²) in [7, 11) is 1.58. The van der Waals surface area contributed by atoms with Gasteiger partial charge in [-0.25, -0.2) is 4.79 Å². The standard InChI is InChI=1S/C11H15ClN2O2/c1-8-9(12)4-3-5-10(8)14-11(15)13-6-7-16-2/h3-5H,6-7H2,1-2H3,(H2,13,14,15). The molecule has 0 aliphatic carbocycles. The van der Waals surface area contributed by atoms with Crippen LogP contribution in [0.4, 0.5) is 10.5 Å². The number of halogens is 1. The number of amides is 2. The van der Waals surface area contributed by atoms with E-state index < -0.39 is 0 Å². The highest BCUT2D eigenvalue weighted by atomic mass is 35.5. The smallest absolute Gasteiger partial charge is 0.319 e. The lowest BCUT2D eigenvalue weighted by Gasteiger charge is -2.10. The first-order valence-electron chi connectivity index (χ1n) is 4.94. The highest BCUT2D eigenvalue weighted by Gasteiger charge is 2.05. The fourth-order valence-corrected chi connectivity index (χ4v) is 1.35. The average molecular weight is 243 g/mol. The molecule has 0 spiro atoms. The number of hydrogen-bond acceptors (Lipinski definition) is 2. The van der Waals surface area contributed by atoms with E-state index in [2.05, 4.69) is 10.6 Å². The Labute approximate surface area is 99.9 Å². The van der Waals surface area contributed by atoms with Gasteiger partial charge in [-0.2, -0.15) is 0 Å². The van der Waals surface area contributed by atoms with E-state index in [-0.39, 0.29) is 6.03 Å². The normalized spacial score (nSPS) is 9.94. The second kappa shape index (κ2) is 6.35. The molecule has 0 saturated carbocycles. The minimum atomic E-state index is -0.262. The summed E-state index contributed by atoms with van der Waals surface area (Å²) in [6, 6.07) is 5.12. The minimum Gasteiger partial charge on any atom is -0.383 e. The third-order valence-electron chi connectivity index (χ3n) is 2.11. The van der Waals surface area contributed by atoms with Gasteiger partial charge in [-0.15, -0.1) is 0 Å². The summed E-state index contributed by atoms with van der Waals surface area (Å²) in [5, 5.41) is 6.01. The van der Waals surface area contributed by atoms with Gasteiger partial charge in [0.2, 0.25) is 0 Å². The maximum absolute atomic E-state index is 11.4. The van der Waals surface area contributed by atoms with E-state index in [9.17, 15) is 4.79 Å². The number of nitrogens with one attached hydrogen (secondary N) is 2. The number of methoxy groups -OCH3 is 1. The van der Waals surface area contributed by atoms with Crippen LogP contribution in [0.1, 0.15) is 5.56 Å². The maximum Gasteiger partial charge on any atom is 0.319 e. The molecule has 4 nitrogen and oxygen atoms in total. The summed E-state index contributed by atoms with van der Waals surface area (Å²) >= 11 is 5.93. The Kier molecular flexibility index (Phi) is 5.08. The Balaban J connectivity index is 2.53. The van der Waals surface area contributed by atoms with Crippen LogP contribution in [-0.2, 0) is 4.74 Å². The Morgan fingerprint density at radius 1 is 1.50 bits per heavy atom. The van der Waals surface area contributed by atoms with Crippen molar-refractivity contribution in [1.82, 2.24) is 5.32 Å². The highest BCUT2D eigenvalue weighted by Crippen LogP contribution is 2.22. The van der Waals surface area contributed by atoms with Gasteiger partial charge < -0.3 is 15.4 Å². The first kappa shape index (κ1) is 12.8. The lowest BCUT2D eigenvalue weighted by atomic mass is 10.2. The van der Waals surface area contributed by atoms with Gasteiger partial charge in [0.05, 0.1) is 6.61 Å². The van der Waals surface area contributed by atoms with Crippen molar-refractivity contribution in [3.05, 3.63) is 28.8 Å². The molecule has 2 amide bonds. The molecule has 0 radical (unpaired) electrons. The van der Waals surface area contributed by atoms with Crippen LogP contribution in [0.5, 0.6) is 0 Å². The number of carbonyl (C=O) groups excluding carboxylic acids is 1. The molecule has 0 fully saturated rings. The lowest BCUT2D eigenvalue weighted by Crippen LogP contribution is -2.31. The fourth-order valence-electron chi connectivity index (χ4n) is 1.18. The SMILES string of the molecule is COCCNC(=O)Nc1cccc(Cl)c1C. The van der Waals surface area contributed by atoms with Crippen molar-refractivity contribution >= 4 is 23.3 Å². The summed E-state index contributed by atoms with van der Waals surface area (Å²) in [4.78, 5) is 11.4. The molecule has 0 aliphatic heterocycles. The third kappa shape index (κ3) is 3.72. The van der Waals surface area contributed by atoms with Gasteiger partial charge >= 0.3 is 6.03 Å². The van der Waals surface area contributed by atoms with Gasteiger partial charge in [-0.1, -0.05) is 17.7 Å². The van der Waals surface area contributed by atoms with Crippen LogP contribution in [0.3, 0.4) is 0 Å². The zero-order valence-electron chi connectivity index (χ0n) is 9.34. The molecule has 5 heteroatoms. The molecule has 1 rings (SSSR count). The molecule has 16 heavy (non-hydrogen) atoms. The monoisotopic (exact) mass is 242 g/mol. The Bertz CT molecular complexity index is 369. The molecule has 0 aromatic heterocycles. The van der Waals surface area contributed by atoms with Crippen molar-refractivity contribution in [2.24, 2.45) is 0 Å². The van der Waals surface area contributed by atoms with E-state index in [1.807, 2.05) is 6.92 Å². The summed E-state index contributed by atoms with van der Waals surface area (Å²) in [5.74, 6) is 0. The number of ether oxygens (including phenoxy) is 1. The van der Waals surface area contributed by atoms with Gasteiger partial charge in [-0.05, 0) is 24.6 Å². The molecule has 1 aromatic carbocycles. The van der Waals surface area contributed by atoms with Crippen molar-refractivity contribution in [2.75, 3.05) is 25.6 Å². The van der Waals surface area contributed by atoms with E-state index in [1.165, 1.54) is 0 Å². The van der Waals surface area contributed by atoms with E-state index in [0.29, 0.717) is 23.9 Å². The minimum absolute atomic E-state index is 0.262. The van der Waals surface area contributed by atoms with Gasteiger partial charge in [0.15, 0.2) is 0 Å². The lowest BCUT2D eigenvalue weighted by molar-refractivity contribution is 0.198. The molecule has 88 valence electrons. The van der Waals surface area contributed by atoms with Crippen molar-refractivity contribution in [3.63, 3.8) is 0 Å². The fraction of sp³-hybridized carbons (Fsp3) is 0.364. The highest BCUT2D eigenvalue weighted by molar-refractivity contribution is 6.31. The second-order valence-electron chi connectivity index (χ2n) is 3.29. The van der Waals surface area contributed by atoms with Crippen LogP contribution in [-0.4, -0.2) is 26.3 Å². The summed E-state index contributed by atoms with van der Waals surface area (Å²) < 4.78 is 4.82.